The summed E-state index contributed by atoms with van der Waals surface area (Å²) in [6.07, 6.45) is 3.98. The van der Waals surface area contributed by atoms with Crippen molar-refractivity contribution in [2.24, 2.45) is 0 Å². The van der Waals surface area contributed by atoms with Gasteiger partial charge in [0, 0.05) is 17.9 Å². The largest absolute Gasteiger partial charge is 0.218 e. The number of hydrogen-bond acceptors (Lipinski definition) is 2. The highest BCUT2D eigenvalue weighted by Crippen LogP contribution is 2.26. The van der Waals surface area contributed by atoms with E-state index in [4.69, 9.17) is 0 Å². The smallest absolute Gasteiger partial charge is 0.212 e. The molecule has 0 bridgehead atoms. The van der Waals surface area contributed by atoms with E-state index in [-0.39, 0.29) is 11.8 Å². The number of benzene rings is 1. The highest BCUT2D eigenvalue weighted by Gasteiger charge is 2.33. The fourth-order valence-corrected chi connectivity index (χ4v) is 4.82. The van der Waals surface area contributed by atoms with Crippen LogP contribution in [0.1, 0.15) is 31.2 Å². The maximum Gasteiger partial charge on any atom is 0.218 e. The molecule has 2 rings (SSSR count). The third-order valence-electron chi connectivity index (χ3n) is 3.54. The van der Waals surface area contributed by atoms with Crippen molar-refractivity contribution in [2.75, 3.05) is 11.9 Å². The second kappa shape index (κ2) is 6.86. The Bertz CT molecular complexity index is 489. The van der Waals surface area contributed by atoms with Crippen LogP contribution in [0.4, 0.5) is 0 Å². The lowest BCUT2D eigenvalue weighted by Gasteiger charge is -2.24. The Hall–Kier alpha value is -0.390. The van der Waals surface area contributed by atoms with Gasteiger partial charge in [0.2, 0.25) is 10.0 Å². The van der Waals surface area contributed by atoms with Crippen molar-refractivity contribution in [3.05, 3.63) is 35.9 Å². The summed E-state index contributed by atoms with van der Waals surface area (Å²) in [5, 5.41) is 0.941. The van der Waals surface area contributed by atoms with Crippen LogP contribution in [0.15, 0.2) is 30.3 Å². The van der Waals surface area contributed by atoms with Crippen LogP contribution < -0.4 is 0 Å². The van der Waals surface area contributed by atoms with E-state index in [9.17, 15) is 8.42 Å². The Balaban J connectivity index is 2.06. The zero-order chi connectivity index (χ0) is 13.7. The molecule has 0 aliphatic carbocycles. The summed E-state index contributed by atoms with van der Waals surface area (Å²) in [6, 6.07) is 9.63. The molecule has 1 heterocycles. The second-order valence-electron chi connectivity index (χ2n) is 4.98. The van der Waals surface area contributed by atoms with Crippen LogP contribution in [-0.2, 0) is 15.8 Å². The second-order valence-corrected chi connectivity index (χ2v) is 7.69. The van der Waals surface area contributed by atoms with Crippen LogP contribution in [-0.4, -0.2) is 30.6 Å². The molecule has 0 aromatic heterocycles. The van der Waals surface area contributed by atoms with Gasteiger partial charge in [-0.25, -0.2) is 8.42 Å². The lowest BCUT2D eigenvalue weighted by atomic mass is 10.1. The predicted octanol–water partition coefficient (Wildman–Crippen LogP) is 3.16. The fraction of sp³-hybridized carbons (Fsp3) is 0.571. The Morgan fingerprint density at radius 2 is 2.00 bits per heavy atom. The number of nitrogens with zero attached hydrogens (tertiary/aromatic N) is 1. The fourth-order valence-electron chi connectivity index (χ4n) is 2.64. The zero-order valence-electron chi connectivity index (χ0n) is 11.0. The van der Waals surface area contributed by atoms with Gasteiger partial charge in [-0.2, -0.15) is 4.31 Å². The van der Waals surface area contributed by atoms with Crippen molar-refractivity contribution in [2.45, 2.75) is 37.5 Å². The molecular formula is C14H20BrNO2S. The summed E-state index contributed by atoms with van der Waals surface area (Å²) < 4.78 is 26.7. The maximum atomic E-state index is 12.5. The van der Waals surface area contributed by atoms with E-state index in [1.165, 1.54) is 0 Å². The third-order valence-corrected chi connectivity index (χ3v) is 6.00. The minimum atomic E-state index is -3.17. The first-order valence-electron chi connectivity index (χ1n) is 6.73. The number of rotatable bonds is 6. The molecule has 0 radical (unpaired) electrons. The van der Waals surface area contributed by atoms with Crippen molar-refractivity contribution in [3.8, 4) is 0 Å². The highest BCUT2D eigenvalue weighted by atomic mass is 79.9. The Morgan fingerprint density at radius 3 is 2.68 bits per heavy atom. The first-order valence-corrected chi connectivity index (χ1v) is 9.46. The SMILES string of the molecule is O=S(=O)(Cc1ccccc1)N1CCCC1CCCBr. The van der Waals surface area contributed by atoms with Crippen molar-refractivity contribution in [3.63, 3.8) is 0 Å². The van der Waals surface area contributed by atoms with Gasteiger partial charge in [0.05, 0.1) is 5.75 Å². The van der Waals surface area contributed by atoms with Gasteiger partial charge < -0.3 is 0 Å². The van der Waals surface area contributed by atoms with E-state index < -0.39 is 10.0 Å². The van der Waals surface area contributed by atoms with Gasteiger partial charge in [-0.15, -0.1) is 0 Å². The third kappa shape index (κ3) is 4.04. The molecule has 5 heteroatoms. The van der Waals surface area contributed by atoms with Gasteiger partial charge in [0.1, 0.15) is 0 Å². The minimum absolute atomic E-state index is 0.124. The van der Waals surface area contributed by atoms with E-state index >= 15 is 0 Å². The van der Waals surface area contributed by atoms with Crippen LogP contribution in [0.5, 0.6) is 0 Å². The molecule has 0 N–H and O–H groups in total. The Kier molecular flexibility index (Phi) is 5.42. The van der Waals surface area contributed by atoms with Crippen molar-refractivity contribution >= 4 is 26.0 Å². The van der Waals surface area contributed by atoms with Gasteiger partial charge in [0.15, 0.2) is 0 Å². The summed E-state index contributed by atoms with van der Waals surface area (Å²) in [5.41, 5.74) is 0.869. The van der Waals surface area contributed by atoms with Crippen molar-refractivity contribution in [1.29, 1.82) is 0 Å². The van der Waals surface area contributed by atoms with E-state index in [0.717, 1.165) is 36.6 Å². The normalized spacial score (nSPS) is 20.8. The van der Waals surface area contributed by atoms with Gasteiger partial charge in [-0.3, -0.25) is 0 Å². The average molecular weight is 346 g/mol. The van der Waals surface area contributed by atoms with Crippen molar-refractivity contribution in [1.82, 2.24) is 4.31 Å². The number of halogens is 1. The van der Waals surface area contributed by atoms with Gasteiger partial charge >= 0.3 is 0 Å². The van der Waals surface area contributed by atoms with Gasteiger partial charge in [-0.1, -0.05) is 46.3 Å². The lowest BCUT2D eigenvalue weighted by Crippen LogP contribution is -2.36. The molecule has 106 valence electrons. The van der Waals surface area contributed by atoms with E-state index in [2.05, 4.69) is 15.9 Å². The van der Waals surface area contributed by atoms with E-state index in [1.807, 2.05) is 30.3 Å². The summed E-state index contributed by atoms with van der Waals surface area (Å²) in [4.78, 5) is 0. The summed E-state index contributed by atoms with van der Waals surface area (Å²) in [5.74, 6) is 0.124. The minimum Gasteiger partial charge on any atom is -0.212 e. The molecule has 1 aromatic rings. The topological polar surface area (TPSA) is 37.4 Å². The molecule has 1 aliphatic heterocycles. The Labute approximate surface area is 124 Å². The number of hydrogen-bond donors (Lipinski definition) is 0. The van der Waals surface area contributed by atoms with Crippen LogP contribution in [0.25, 0.3) is 0 Å². The summed E-state index contributed by atoms with van der Waals surface area (Å²) in [7, 11) is -3.17. The average Bonchev–Trinajstić information content (AvgIpc) is 2.86. The highest BCUT2D eigenvalue weighted by molar-refractivity contribution is 9.09. The zero-order valence-corrected chi connectivity index (χ0v) is 13.4. The molecule has 1 aliphatic rings. The van der Waals surface area contributed by atoms with Crippen LogP contribution in [0.3, 0.4) is 0 Å². The monoisotopic (exact) mass is 345 g/mol. The molecule has 1 saturated heterocycles. The molecular weight excluding hydrogens is 326 g/mol. The first kappa shape index (κ1) is 15.0. The molecule has 3 nitrogen and oxygen atoms in total. The molecule has 0 spiro atoms. The predicted molar refractivity (Wildman–Crippen MR) is 81.8 cm³/mol. The van der Waals surface area contributed by atoms with Crippen LogP contribution >= 0.6 is 15.9 Å². The summed E-state index contributed by atoms with van der Waals surface area (Å²) in [6.45, 7) is 0.683. The molecule has 1 atom stereocenters. The number of sulfonamides is 1. The van der Waals surface area contributed by atoms with Gasteiger partial charge in [0.25, 0.3) is 0 Å². The van der Waals surface area contributed by atoms with Crippen LogP contribution in [0.2, 0.25) is 0 Å². The lowest BCUT2D eigenvalue weighted by molar-refractivity contribution is 0.368. The summed E-state index contributed by atoms with van der Waals surface area (Å²) >= 11 is 3.41. The van der Waals surface area contributed by atoms with E-state index in [0.29, 0.717) is 6.54 Å². The molecule has 1 unspecified atom stereocenters. The first-order chi connectivity index (χ1) is 9.13. The van der Waals surface area contributed by atoms with Gasteiger partial charge in [-0.05, 0) is 31.2 Å². The standard InChI is InChI=1S/C14H20BrNO2S/c15-10-4-8-14-9-5-11-16(14)19(17,18)12-13-6-2-1-3-7-13/h1-3,6-7,14H,4-5,8-12H2. The van der Waals surface area contributed by atoms with Crippen LogP contribution in [0, 0.1) is 0 Å². The molecule has 1 fully saturated rings. The quantitative estimate of drug-likeness (QED) is 0.742. The molecule has 1 aromatic carbocycles. The molecule has 19 heavy (non-hydrogen) atoms. The number of alkyl halides is 1. The maximum absolute atomic E-state index is 12.5. The molecule has 0 amide bonds. The Morgan fingerprint density at radius 1 is 1.26 bits per heavy atom. The van der Waals surface area contributed by atoms with E-state index in [1.54, 1.807) is 4.31 Å². The van der Waals surface area contributed by atoms with Crippen molar-refractivity contribution < 1.29 is 8.42 Å². The molecule has 0 saturated carbocycles.